The third-order valence-corrected chi connectivity index (χ3v) is 21.3. The van der Waals surface area contributed by atoms with Gasteiger partial charge in [-0.2, -0.15) is 0 Å². The van der Waals surface area contributed by atoms with Crippen molar-refractivity contribution in [3.05, 3.63) is 99.1 Å². The highest BCUT2D eigenvalue weighted by Crippen LogP contribution is 2.59. The van der Waals surface area contributed by atoms with Crippen LogP contribution in [0.2, 0.25) is 0 Å². The number of hydrogen-bond donors (Lipinski definition) is 8. The standard InChI is InChI=1S/C70H86N2O12/c1-69(80)39-72-52-30-48(29-49(31-52)65(77)47(37-71-2)18-15-40-16-21-54(22-17-40)82-38-61(69)75)44-19-20-45-36-63(76)84-67-55(45)34-50(66(78)64(67)43-11-4-3-5-12-43)35-62-70(81)58-14-7-6-13-46(58)33-56-57(60(74)24-23-59(56)70)27-42-10-8-9-41(25-42)26-53(73)32-51(28-44)68(79)83-62/h8-10,25,29-32,34,40,43-47,53-54,56-59,61-62,65,71-73,75,77-78,80-81H,3-7,11-14,16-17,21-24,26-28,33,35-39H2,1-2H3. The fraction of sp³-hybridized carbons (Fsp3) is 0.614. The average Bonchev–Trinajstić information content (AvgIpc) is 0.926. The molecule has 14 bridgehead atoms. The molecule has 5 aliphatic carbocycles. The molecule has 0 amide bonds. The number of carbonyl (C=O) groups excluding carboxylic acids is 3. The lowest BCUT2D eigenvalue weighted by Crippen LogP contribution is -2.65. The van der Waals surface area contributed by atoms with Crippen LogP contribution in [0.5, 0.6) is 11.5 Å². The number of phenolic OH excluding ortho intramolecular Hbond substituents is 1. The Hall–Kier alpha value is -5.55. The lowest BCUT2D eigenvalue weighted by molar-refractivity contribution is -0.228. The summed E-state index contributed by atoms with van der Waals surface area (Å²) in [5.41, 5.74) is 1.83. The maximum absolute atomic E-state index is 16.0. The van der Waals surface area contributed by atoms with Gasteiger partial charge in [0.2, 0.25) is 0 Å². The number of aliphatic hydroxyl groups excluding tert-OH is 3. The molecule has 448 valence electrons. The minimum atomic E-state index is -1.66. The first kappa shape index (κ1) is 58.8. The zero-order valence-corrected chi connectivity index (χ0v) is 49.0. The number of ketones is 1. The van der Waals surface area contributed by atoms with Crippen LogP contribution in [0.3, 0.4) is 0 Å². The Bertz CT molecular complexity index is 3130. The van der Waals surface area contributed by atoms with Crippen LogP contribution in [0.4, 0.5) is 5.69 Å². The van der Waals surface area contributed by atoms with Crippen molar-refractivity contribution in [3.63, 3.8) is 0 Å². The Morgan fingerprint density at radius 3 is 2.31 bits per heavy atom. The van der Waals surface area contributed by atoms with Crippen molar-refractivity contribution < 1.29 is 59.2 Å². The lowest BCUT2D eigenvalue weighted by atomic mass is 9.48. The molecule has 14 nitrogen and oxygen atoms in total. The Morgan fingerprint density at radius 2 is 1.51 bits per heavy atom. The van der Waals surface area contributed by atoms with Crippen molar-refractivity contribution in [1.82, 2.24) is 5.32 Å². The van der Waals surface area contributed by atoms with Gasteiger partial charge in [-0.25, -0.2) is 4.79 Å². The van der Waals surface area contributed by atoms with E-state index >= 15 is 4.79 Å². The highest BCUT2D eigenvalue weighted by Gasteiger charge is 2.62. The Morgan fingerprint density at radius 1 is 0.762 bits per heavy atom. The zero-order chi connectivity index (χ0) is 58.4. The predicted molar refractivity (Wildman–Crippen MR) is 317 cm³/mol. The number of phenols is 1. The van der Waals surface area contributed by atoms with E-state index in [2.05, 4.69) is 40.4 Å². The molecule has 10 aliphatic rings. The van der Waals surface area contributed by atoms with Crippen LogP contribution in [-0.4, -0.2) is 111 Å². The van der Waals surface area contributed by atoms with Crippen LogP contribution in [0.1, 0.15) is 185 Å². The Balaban J connectivity index is 1.06. The summed E-state index contributed by atoms with van der Waals surface area (Å²) in [5, 5.41) is 82.2. The van der Waals surface area contributed by atoms with E-state index in [4.69, 9.17) is 14.2 Å². The molecule has 14 heteroatoms. The van der Waals surface area contributed by atoms with Crippen LogP contribution in [0.25, 0.3) is 0 Å². The number of anilines is 1. The van der Waals surface area contributed by atoms with Gasteiger partial charge < -0.3 is 55.5 Å². The van der Waals surface area contributed by atoms with Gasteiger partial charge in [0.25, 0.3) is 0 Å². The van der Waals surface area contributed by atoms with E-state index in [-0.39, 0.29) is 104 Å². The molecule has 14 unspecified atom stereocenters. The number of aromatic hydroxyl groups is 1. The molecule has 5 aliphatic heterocycles. The lowest BCUT2D eigenvalue weighted by Gasteiger charge is -2.59. The largest absolute Gasteiger partial charge is 0.507 e. The van der Waals surface area contributed by atoms with Crippen molar-refractivity contribution in [3.8, 4) is 35.2 Å². The predicted octanol–water partition coefficient (Wildman–Crippen LogP) is 8.70. The van der Waals surface area contributed by atoms with Crippen LogP contribution >= 0.6 is 0 Å². The van der Waals surface area contributed by atoms with Crippen LogP contribution < -0.4 is 15.4 Å². The summed E-state index contributed by atoms with van der Waals surface area (Å²) in [4.78, 5) is 44.5. The molecule has 0 aromatic heterocycles. The van der Waals surface area contributed by atoms with E-state index in [0.717, 1.165) is 94.6 Å². The second-order valence-electron chi connectivity index (χ2n) is 26.9. The molecule has 14 atom stereocenters. The van der Waals surface area contributed by atoms with E-state index in [1.54, 1.807) is 13.0 Å². The topological polar surface area (TPSA) is 224 Å². The van der Waals surface area contributed by atoms with Crippen molar-refractivity contribution in [2.24, 2.45) is 41.4 Å². The highest BCUT2D eigenvalue weighted by atomic mass is 16.6. The number of rotatable bonds is 4. The summed E-state index contributed by atoms with van der Waals surface area (Å²) in [7, 11) is 1.82. The van der Waals surface area contributed by atoms with Gasteiger partial charge in [-0.05, 0) is 166 Å². The van der Waals surface area contributed by atoms with E-state index < -0.39 is 71.2 Å². The molecular formula is C70H86N2O12. The SMILES string of the molecule is CNCC1C#CC2CCC(CC2)OCC(O)C(C)(O)CNc2cc(C3C#CC4CC(=O)Oc5c4cc(c(O)c5C4CCCCC4)CC4OC(=O)C(=CC(O)Cc5cccc(c5)CC5C(=O)CCC6C5CC5CCCCC5C46O)C3)cc(c2)C1O. The average molecular weight is 1150 g/mol. The minimum absolute atomic E-state index is 0.0316. The van der Waals surface area contributed by atoms with Gasteiger partial charge in [0.1, 0.15) is 40.7 Å². The first-order valence-electron chi connectivity index (χ1n) is 31.8. The van der Waals surface area contributed by atoms with Gasteiger partial charge in [0, 0.05) is 72.5 Å². The number of benzene rings is 3. The number of carbonyl (C=O) groups is 3. The molecule has 8 N–H and O–H groups in total. The first-order valence-corrected chi connectivity index (χ1v) is 31.8. The number of hydrogen-bond acceptors (Lipinski definition) is 14. The van der Waals surface area contributed by atoms with Crippen molar-refractivity contribution in [2.75, 3.05) is 32.1 Å². The normalized spacial score (nSPS) is 36.5. The van der Waals surface area contributed by atoms with E-state index in [1.165, 1.54) is 0 Å². The van der Waals surface area contributed by atoms with Gasteiger partial charge in [-0.15, -0.1) is 0 Å². The quantitative estimate of drug-likeness (QED) is 0.0696. The number of Topliss-reactive ketones (excluding diaryl/α,β-unsaturated/α-hetero) is 1. The second kappa shape index (κ2) is 24.7. The van der Waals surface area contributed by atoms with Crippen molar-refractivity contribution in [2.45, 2.75) is 201 Å². The monoisotopic (exact) mass is 1150 g/mol. The maximum Gasteiger partial charge on any atom is 0.334 e. The summed E-state index contributed by atoms with van der Waals surface area (Å²) < 4.78 is 19.5. The molecule has 5 fully saturated rings. The number of nitrogens with one attached hydrogen (secondary N) is 2. The van der Waals surface area contributed by atoms with Gasteiger partial charge >= 0.3 is 11.9 Å². The molecule has 0 saturated heterocycles. The third-order valence-electron chi connectivity index (χ3n) is 21.3. The highest BCUT2D eigenvalue weighted by molar-refractivity contribution is 5.89. The smallest absolute Gasteiger partial charge is 0.334 e. The zero-order valence-electron chi connectivity index (χ0n) is 49.0. The molecule has 13 rings (SSSR count). The summed E-state index contributed by atoms with van der Waals surface area (Å²) in [6.45, 7) is 1.76. The second-order valence-corrected chi connectivity index (χ2v) is 26.9. The number of esters is 2. The fourth-order valence-electron chi connectivity index (χ4n) is 16.7. The summed E-state index contributed by atoms with van der Waals surface area (Å²) in [6.07, 6.45) is 9.53. The van der Waals surface area contributed by atoms with Gasteiger partial charge in [-0.1, -0.05) is 92.5 Å². The molecule has 84 heavy (non-hydrogen) atoms. The molecular weight excluding hydrogens is 1060 g/mol. The van der Waals surface area contributed by atoms with E-state index in [9.17, 15) is 40.2 Å². The van der Waals surface area contributed by atoms with Crippen molar-refractivity contribution in [1.29, 1.82) is 0 Å². The van der Waals surface area contributed by atoms with Crippen LogP contribution in [-0.2, 0) is 43.1 Å². The molecule has 5 heterocycles. The number of fused-ring (bicyclic) bond motifs is 18. The summed E-state index contributed by atoms with van der Waals surface area (Å²) in [6, 6.07) is 15.4. The molecule has 3 aromatic carbocycles. The summed E-state index contributed by atoms with van der Waals surface area (Å²) >= 11 is 0. The van der Waals surface area contributed by atoms with Crippen molar-refractivity contribution >= 4 is 23.4 Å². The number of aliphatic hydroxyl groups is 5. The van der Waals surface area contributed by atoms with E-state index in [1.807, 2.05) is 49.5 Å². The molecule has 5 saturated carbocycles. The first-order chi connectivity index (χ1) is 40.5. The minimum Gasteiger partial charge on any atom is -0.507 e. The van der Waals surface area contributed by atoms with Crippen LogP contribution in [0.15, 0.2) is 60.2 Å². The van der Waals surface area contributed by atoms with Gasteiger partial charge in [-0.3, -0.25) is 9.59 Å². The molecule has 0 spiro atoms. The van der Waals surface area contributed by atoms with Gasteiger partial charge in [0.05, 0.1) is 43.2 Å². The Kier molecular flexibility index (Phi) is 17.3. The summed E-state index contributed by atoms with van der Waals surface area (Å²) in [5.74, 6) is 9.82. The maximum atomic E-state index is 16.0. The van der Waals surface area contributed by atoms with E-state index in [0.29, 0.717) is 65.1 Å². The third kappa shape index (κ3) is 12.0. The van der Waals surface area contributed by atoms with Crippen LogP contribution in [0, 0.1) is 65.1 Å². The van der Waals surface area contributed by atoms with Gasteiger partial charge in [0.15, 0.2) is 0 Å². The fourth-order valence-corrected chi connectivity index (χ4v) is 16.7. The number of ether oxygens (including phenoxy) is 3. The Labute approximate surface area is 494 Å². The molecule has 0 radical (unpaired) electrons. The molecule has 3 aromatic rings.